The van der Waals surface area contributed by atoms with Crippen LogP contribution in [0.4, 0.5) is 5.69 Å². The second-order valence-electron chi connectivity index (χ2n) is 3.30. The average Bonchev–Trinajstić information content (AvgIpc) is 2.23. The summed E-state index contributed by atoms with van der Waals surface area (Å²) in [6, 6.07) is 5.71. The molecule has 1 aromatic carbocycles. The second kappa shape index (κ2) is 5.28. The van der Waals surface area contributed by atoms with Crippen LogP contribution in [0, 0.1) is 6.92 Å². The van der Waals surface area contributed by atoms with E-state index in [1.165, 1.54) is 7.11 Å². The molecule has 15 heavy (non-hydrogen) atoms. The minimum atomic E-state index is -0.447. The number of amides is 1. The van der Waals surface area contributed by atoms with Crippen LogP contribution in [0.2, 0.25) is 0 Å². The van der Waals surface area contributed by atoms with Gasteiger partial charge in [-0.05, 0) is 41.4 Å². The van der Waals surface area contributed by atoms with Gasteiger partial charge >= 0.3 is 0 Å². The number of hydrogen-bond acceptors (Lipinski definition) is 2. The highest BCUT2D eigenvalue weighted by Gasteiger charge is 2.13. The van der Waals surface area contributed by atoms with Crippen molar-refractivity contribution in [1.29, 1.82) is 0 Å². The first kappa shape index (κ1) is 12.2. The fraction of sp³-hybridized carbons (Fsp3) is 0.364. The second-order valence-corrected chi connectivity index (χ2v) is 4.10. The summed E-state index contributed by atoms with van der Waals surface area (Å²) in [6.45, 7) is 3.68. The van der Waals surface area contributed by atoms with Gasteiger partial charge in [0.25, 0.3) is 5.91 Å². The molecule has 0 heterocycles. The summed E-state index contributed by atoms with van der Waals surface area (Å²) in [5.41, 5.74) is 1.85. The molecule has 3 nitrogen and oxygen atoms in total. The molecule has 0 aliphatic carbocycles. The van der Waals surface area contributed by atoms with Crippen LogP contribution in [0.25, 0.3) is 0 Å². The highest BCUT2D eigenvalue weighted by atomic mass is 79.9. The van der Waals surface area contributed by atoms with Crippen molar-refractivity contribution in [3.05, 3.63) is 28.2 Å². The molecule has 0 saturated heterocycles. The molecule has 0 bridgehead atoms. The summed E-state index contributed by atoms with van der Waals surface area (Å²) in [5, 5.41) is 2.79. The Morgan fingerprint density at radius 1 is 1.53 bits per heavy atom. The van der Waals surface area contributed by atoms with Gasteiger partial charge < -0.3 is 10.1 Å². The Bertz CT molecular complexity index is 366. The Balaban J connectivity index is 2.81. The van der Waals surface area contributed by atoms with Crippen LogP contribution in [-0.2, 0) is 9.53 Å². The van der Waals surface area contributed by atoms with Crippen molar-refractivity contribution in [2.45, 2.75) is 20.0 Å². The van der Waals surface area contributed by atoms with Gasteiger partial charge in [0, 0.05) is 11.6 Å². The molecule has 1 aromatic rings. The van der Waals surface area contributed by atoms with E-state index >= 15 is 0 Å². The van der Waals surface area contributed by atoms with Gasteiger partial charge in [-0.15, -0.1) is 0 Å². The number of halogens is 1. The molecule has 4 heteroatoms. The molecule has 1 N–H and O–H groups in total. The molecule has 0 aliphatic rings. The van der Waals surface area contributed by atoms with Crippen LogP contribution < -0.4 is 5.32 Å². The minimum absolute atomic E-state index is 0.149. The lowest BCUT2D eigenvalue weighted by Crippen LogP contribution is -2.26. The van der Waals surface area contributed by atoms with Crippen LogP contribution in [0.5, 0.6) is 0 Å². The van der Waals surface area contributed by atoms with E-state index in [2.05, 4.69) is 21.2 Å². The number of benzene rings is 1. The Labute approximate surface area is 97.9 Å². The molecule has 0 saturated carbocycles. The van der Waals surface area contributed by atoms with Gasteiger partial charge in [0.05, 0.1) is 5.69 Å². The Morgan fingerprint density at radius 2 is 2.20 bits per heavy atom. The van der Waals surface area contributed by atoms with Crippen molar-refractivity contribution in [1.82, 2.24) is 0 Å². The number of anilines is 1. The van der Waals surface area contributed by atoms with E-state index in [1.54, 1.807) is 6.92 Å². The third-order valence-electron chi connectivity index (χ3n) is 2.17. The third-order valence-corrected chi connectivity index (χ3v) is 3.23. The van der Waals surface area contributed by atoms with Crippen molar-refractivity contribution >= 4 is 27.5 Å². The molecular weight excluding hydrogens is 258 g/mol. The molecule has 0 fully saturated rings. The normalized spacial score (nSPS) is 12.3. The maximum Gasteiger partial charge on any atom is 0.253 e. The van der Waals surface area contributed by atoms with E-state index < -0.39 is 6.10 Å². The van der Waals surface area contributed by atoms with Gasteiger partial charge in [0.15, 0.2) is 0 Å². The van der Waals surface area contributed by atoms with E-state index in [0.29, 0.717) is 0 Å². The van der Waals surface area contributed by atoms with Gasteiger partial charge in [0.1, 0.15) is 6.10 Å². The lowest BCUT2D eigenvalue weighted by molar-refractivity contribution is -0.124. The van der Waals surface area contributed by atoms with Crippen molar-refractivity contribution in [2.24, 2.45) is 0 Å². The highest BCUT2D eigenvalue weighted by Crippen LogP contribution is 2.25. The zero-order chi connectivity index (χ0) is 11.4. The quantitative estimate of drug-likeness (QED) is 0.918. The van der Waals surface area contributed by atoms with Crippen LogP contribution in [-0.4, -0.2) is 19.1 Å². The molecule has 0 aliphatic heterocycles. The number of carbonyl (C=O) groups is 1. The summed E-state index contributed by atoms with van der Waals surface area (Å²) in [5.74, 6) is -0.149. The van der Waals surface area contributed by atoms with Crippen LogP contribution >= 0.6 is 15.9 Å². The number of hydrogen-bond donors (Lipinski definition) is 1. The zero-order valence-corrected chi connectivity index (χ0v) is 10.6. The predicted molar refractivity (Wildman–Crippen MR) is 64.0 cm³/mol. The molecule has 1 atom stereocenters. The maximum absolute atomic E-state index is 11.6. The van der Waals surface area contributed by atoms with E-state index in [0.717, 1.165) is 15.7 Å². The number of carbonyl (C=O) groups excluding carboxylic acids is 1. The van der Waals surface area contributed by atoms with E-state index in [1.807, 2.05) is 25.1 Å². The standard InChI is InChI=1S/C11H14BrNO2/c1-7-5-4-6-9(10(7)12)13-11(14)8(2)15-3/h4-6,8H,1-3H3,(H,13,14). The highest BCUT2D eigenvalue weighted by molar-refractivity contribution is 9.10. The van der Waals surface area contributed by atoms with E-state index in [9.17, 15) is 4.79 Å². The monoisotopic (exact) mass is 271 g/mol. The third kappa shape index (κ3) is 3.04. The molecule has 82 valence electrons. The molecule has 1 rings (SSSR count). The van der Waals surface area contributed by atoms with E-state index in [4.69, 9.17) is 4.74 Å². The molecule has 1 amide bonds. The van der Waals surface area contributed by atoms with Crippen molar-refractivity contribution in [3.63, 3.8) is 0 Å². The Hall–Kier alpha value is -0.870. The van der Waals surface area contributed by atoms with Gasteiger partial charge in [-0.3, -0.25) is 4.79 Å². The first-order chi connectivity index (χ1) is 7.06. The number of methoxy groups -OCH3 is 1. The fourth-order valence-electron chi connectivity index (χ4n) is 1.09. The first-order valence-electron chi connectivity index (χ1n) is 4.65. The maximum atomic E-state index is 11.6. The van der Waals surface area contributed by atoms with Gasteiger partial charge in [-0.2, -0.15) is 0 Å². The number of rotatable bonds is 3. The lowest BCUT2D eigenvalue weighted by atomic mass is 10.2. The van der Waals surface area contributed by atoms with Crippen LogP contribution in [0.3, 0.4) is 0 Å². The topological polar surface area (TPSA) is 38.3 Å². The van der Waals surface area contributed by atoms with Crippen molar-refractivity contribution in [3.8, 4) is 0 Å². The smallest absolute Gasteiger partial charge is 0.253 e. The summed E-state index contributed by atoms with van der Waals surface area (Å²) in [4.78, 5) is 11.6. The van der Waals surface area contributed by atoms with Crippen LogP contribution in [0.1, 0.15) is 12.5 Å². The van der Waals surface area contributed by atoms with Gasteiger partial charge in [-0.25, -0.2) is 0 Å². The predicted octanol–water partition coefficient (Wildman–Crippen LogP) is 2.73. The molecule has 1 unspecified atom stereocenters. The lowest BCUT2D eigenvalue weighted by Gasteiger charge is -2.12. The zero-order valence-electron chi connectivity index (χ0n) is 9.00. The average molecular weight is 272 g/mol. The molecular formula is C11H14BrNO2. The summed E-state index contributed by atoms with van der Waals surface area (Å²) in [7, 11) is 1.51. The number of nitrogens with one attached hydrogen (secondary N) is 1. The molecule has 0 spiro atoms. The summed E-state index contributed by atoms with van der Waals surface area (Å²) in [6.07, 6.45) is -0.447. The SMILES string of the molecule is COC(C)C(=O)Nc1cccc(C)c1Br. The summed E-state index contributed by atoms with van der Waals surface area (Å²) >= 11 is 3.42. The number of aryl methyl sites for hydroxylation is 1. The minimum Gasteiger partial charge on any atom is -0.372 e. The van der Waals surface area contributed by atoms with Crippen molar-refractivity contribution in [2.75, 3.05) is 12.4 Å². The molecule has 0 aromatic heterocycles. The van der Waals surface area contributed by atoms with Crippen LogP contribution in [0.15, 0.2) is 22.7 Å². The largest absolute Gasteiger partial charge is 0.372 e. The van der Waals surface area contributed by atoms with Gasteiger partial charge in [0.2, 0.25) is 0 Å². The number of ether oxygens (including phenoxy) is 1. The summed E-state index contributed by atoms with van der Waals surface area (Å²) < 4.78 is 5.83. The van der Waals surface area contributed by atoms with E-state index in [-0.39, 0.29) is 5.91 Å². The van der Waals surface area contributed by atoms with Crippen molar-refractivity contribution < 1.29 is 9.53 Å². The Morgan fingerprint density at radius 3 is 2.80 bits per heavy atom. The Kier molecular flexibility index (Phi) is 4.29. The van der Waals surface area contributed by atoms with Gasteiger partial charge in [-0.1, -0.05) is 12.1 Å². The molecule has 0 radical (unpaired) electrons. The first-order valence-corrected chi connectivity index (χ1v) is 5.44. The fourth-order valence-corrected chi connectivity index (χ4v) is 1.45.